The first-order chi connectivity index (χ1) is 25.0. The predicted octanol–water partition coefficient (Wildman–Crippen LogP) is 4.15. The second-order valence-electron chi connectivity index (χ2n) is 10.8. The van der Waals surface area contributed by atoms with Crippen molar-refractivity contribution in [2.24, 2.45) is 0 Å². The van der Waals surface area contributed by atoms with E-state index in [4.69, 9.17) is 5.11 Å². The Morgan fingerprint density at radius 3 is 1.69 bits per heavy atom. The van der Waals surface area contributed by atoms with Crippen LogP contribution in [0.15, 0.2) is 68.7 Å². The third kappa shape index (κ3) is 9.99. The maximum atomic E-state index is 13.8. The molecule has 4 aromatic heterocycles. The molecule has 272 valence electrons. The SMILES string of the molecule is C[C@@H](O)CNc1nc(SCc2cccc(F)c2F)nc2[nH]c(=O)cnc12.O=c1cnc2c(NCCCO)nc(SCc3cccc(F)c3F)nc2[nH]1. The summed E-state index contributed by atoms with van der Waals surface area (Å²) in [5, 5.41) is 24.8. The number of aliphatic hydroxyl groups is 2. The Kier molecular flexibility index (Phi) is 13.1. The number of nitrogens with one attached hydrogen (secondary N) is 4. The first-order valence-electron chi connectivity index (χ1n) is 15.4. The van der Waals surface area contributed by atoms with Crippen molar-refractivity contribution in [1.29, 1.82) is 0 Å². The molecule has 6 N–H and O–H groups in total. The van der Waals surface area contributed by atoms with Gasteiger partial charge in [0.15, 0.2) is 56.5 Å². The molecule has 0 saturated heterocycles. The molecule has 0 aliphatic heterocycles. The minimum absolute atomic E-state index is 0.0146. The van der Waals surface area contributed by atoms with Gasteiger partial charge in [0.05, 0.1) is 18.5 Å². The van der Waals surface area contributed by atoms with Crippen LogP contribution in [-0.2, 0) is 11.5 Å². The van der Waals surface area contributed by atoms with Gasteiger partial charge < -0.3 is 30.8 Å². The second-order valence-corrected chi connectivity index (χ2v) is 12.7. The number of aliphatic hydroxyl groups excluding tert-OH is 2. The molecule has 1 atom stereocenters. The highest BCUT2D eigenvalue weighted by atomic mass is 32.2. The van der Waals surface area contributed by atoms with Gasteiger partial charge in [-0.2, -0.15) is 0 Å². The third-order valence-corrected chi connectivity index (χ3v) is 8.59. The lowest BCUT2D eigenvalue weighted by atomic mass is 10.2. The van der Waals surface area contributed by atoms with Gasteiger partial charge in [0, 0.05) is 42.3 Å². The van der Waals surface area contributed by atoms with Crippen molar-refractivity contribution in [2.45, 2.75) is 41.3 Å². The van der Waals surface area contributed by atoms with Gasteiger partial charge in [-0.1, -0.05) is 47.8 Å². The molecule has 0 aliphatic carbocycles. The highest BCUT2D eigenvalue weighted by Crippen LogP contribution is 2.27. The van der Waals surface area contributed by atoms with Gasteiger partial charge in [-0.05, 0) is 25.5 Å². The van der Waals surface area contributed by atoms with Crippen molar-refractivity contribution in [3.8, 4) is 0 Å². The van der Waals surface area contributed by atoms with Crippen LogP contribution in [0.4, 0.5) is 29.2 Å². The number of aromatic amines is 2. The van der Waals surface area contributed by atoms with Crippen LogP contribution in [0.3, 0.4) is 0 Å². The molecule has 0 spiro atoms. The fraction of sp³-hybridized carbons (Fsp3) is 0.250. The van der Waals surface area contributed by atoms with Gasteiger partial charge in [0.1, 0.15) is 11.0 Å². The molecule has 6 rings (SSSR count). The van der Waals surface area contributed by atoms with Crippen molar-refractivity contribution < 1.29 is 27.8 Å². The molecule has 52 heavy (non-hydrogen) atoms. The average molecular weight is 759 g/mol. The number of hydrogen-bond acceptors (Lipinski definition) is 14. The predicted molar refractivity (Wildman–Crippen MR) is 188 cm³/mol. The summed E-state index contributed by atoms with van der Waals surface area (Å²) >= 11 is 2.19. The fourth-order valence-electron chi connectivity index (χ4n) is 4.34. The molecule has 0 fully saturated rings. The highest BCUT2D eigenvalue weighted by Gasteiger charge is 2.15. The largest absolute Gasteiger partial charge is 0.396 e. The normalized spacial score (nSPS) is 11.7. The fourth-order valence-corrected chi connectivity index (χ4v) is 5.98. The minimum atomic E-state index is -0.921. The summed E-state index contributed by atoms with van der Waals surface area (Å²) in [6.45, 7) is 2.29. The van der Waals surface area contributed by atoms with E-state index in [-0.39, 0.29) is 57.4 Å². The molecular formula is C32H30F4N10O4S2. The Balaban J connectivity index is 0.000000201. The second kappa shape index (κ2) is 17.8. The zero-order valence-corrected chi connectivity index (χ0v) is 28.8. The maximum absolute atomic E-state index is 13.8. The van der Waals surface area contributed by atoms with E-state index >= 15 is 0 Å². The van der Waals surface area contributed by atoms with Gasteiger partial charge in [0.25, 0.3) is 11.1 Å². The molecule has 20 heteroatoms. The molecular weight excluding hydrogens is 729 g/mol. The average Bonchev–Trinajstić information content (AvgIpc) is 3.11. The van der Waals surface area contributed by atoms with Crippen molar-refractivity contribution in [3.63, 3.8) is 0 Å². The summed E-state index contributed by atoms with van der Waals surface area (Å²) in [5.74, 6) is -2.71. The molecule has 2 aromatic carbocycles. The summed E-state index contributed by atoms with van der Waals surface area (Å²) in [6.07, 6.45) is 2.11. The molecule has 0 radical (unpaired) electrons. The molecule has 0 unspecified atom stereocenters. The number of rotatable bonds is 13. The quantitative estimate of drug-likeness (QED) is 0.0424. The lowest BCUT2D eigenvalue weighted by molar-refractivity contribution is 0.208. The van der Waals surface area contributed by atoms with Crippen LogP contribution in [0.5, 0.6) is 0 Å². The minimum Gasteiger partial charge on any atom is -0.396 e. The lowest BCUT2D eigenvalue weighted by Crippen LogP contribution is -2.17. The lowest BCUT2D eigenvalue weighted by Gasteiger charge is -2.11. The molecule has 6 aromatic rings. The summed E-state index contributed by atoms with van der Waals surface area (Å²) in [5.41, 5.74) is 0.693. The van der Waals surface area contributed by atoms with Gasteiger partial charge in [-0.3, -0.25) is 9.59 Å². The van der Waals surface area contributed by atoms with Crippen molar-refractivity contribution in [2.75, 3.05) is 30.3 Å². The zero-order valence-electron chi connectivity index (χ0n) is 27.2. The van der Waals surface area contributed by atoms with Gasteiger partial charge in [0.2, 0.25) is 0 Å². The van der Waals surface area contributed by atoms with Gasteiger partial charge in [-0.15, -0.1) is 0 Å². The number of nitrogens with zero attached hydrogens (tertiary/aromatic N) is 6. The third-order valence-electron chi connectivity index (χ3n) is 6.80. The zero-order chi connectivity index (χ0) is 37.2. The van der Waals surface area contributed by atoms with Crippen molar-refractivity contribution in [1.82, 2.24) is 39.9 Å². The Hall–Kier alpha value is -5.18. The Morgan fingerprint density at radius 2 is 1.23 bits per heavy atom. The molecule has 14 nitrogen and oxygen atoms in total. The van der Waals surface area contributed by atoms with Gasteiger partial charge >= 0.3 is 0 Å². The molecule has 0 aliphatic rings. The summed E-state index contributed by atoms with van der Waals surface area (Å²) in [4.78, 5) is 53.2. The van der Waals surface area contributed by atoms with Crippen molar-refractivity contribution >= 4 is 57.5 Å². The van der Waals surface area contributed by atoms with Gasteiger partial charge in [-0.25, -0.2) is 47.5 Å². The summed E-state index contributed by atoms with van der Waals surface area (Å²) in [6, 6.07) is 7.91. The summed E-state index contributed by atoms with van der Waals surface area (Å²) < 4.78 is 54.1. The van der Waals surface area contributed by atoms with Crippen LogP contribution in [0.25, 0.3) is 22.3 Å². The van der Waals surface area contributed by atoms with E-state index in [9.17, 15) is 32.3 Å². The van der Waals surface area contributed by atoms with E-state index in [0.717, 1.165) is 48.1 Å². The van der Waals surface area contributed by atoms with Crippen LogP contribution in [0, 0.1) is 23.3 Å². The van der Waals surface area contributed by atoms with Crippen LogP contribution in [0.2, 0.25) is 0 Å². The molecule has 0 bridgehead atoms. The van der Waals surface area contributed by atoms with Crippen LogP contribution >= 0.6 is 23.5 Å². The first kappa shape index (κ1) is 38.1. The van der Waals surface area contributed by atoms with Crippen molar-refractivity contribution in [3.05, 3.63) is 104 Å². The number of anilines is 2. The van der Waals surface area contributed by atoms with E-state index in [1.165, 1.54) is 24.3 Å². The number of H-pyrrole nitrogens is 2. The number of thioether (sulfide) groups is 2. The number of fused-ring (bicyclic) bond motifs is 2. The number of aromatic nitrogens is 8. The number of benzene rings is 2. The smallest absolute Gasteiger partial charge is 0.268 e. The highest BCUT2D eigenvalue weighted by molar-refractivity contribution is 7.98. The molecule has 0 amide bonds. The number of hydrogen-bond donors (Lipinski definition) is 6. The summed E-state index contributed by atoms with van der Waals surface area (Å²) in [7, 11) is 0. The topological polar surface area (TPSA) is 208 Å². The van der Waals surface area contributed by atoms with E-state index in [2.05, 4.69) is 50.5 Å². The van der Waals surface area contributed by atoms with E-state index in [0.29, 0.717) is 35.6 Å². The van der Waals surface area contributed by atoms with E-state index in [1.807, 2.05) is 0 Å². The van der Waals surface area contributed by atoms with E-state index < -0.39 is 40.5 Å². The standard InChI is InChI=1S/2C16H15F2N5O2S/c1-8(24)5-20-14-13-15(21-11(25)6-19-13)23-16(22-14)26-7-9-3-2-4-10(17)12(9)18;17-10-4-1-3-9(12(10)18)8-26-16-22-14(19-5-2-6-24)13-15(23-16)21-11(25)7-20-13/h2-4,6,8,24H,5,7H2,1H3,(H2,20,21,22,23,25);1,3-4,7,24H,2,5-6,8H2,(H2,19,21,22,23,25)/t8-;/m1./s1. The molecule has 0 saturated carbocycles. The van der Waals surface area contributed by atoms with E-state index in [1.54, 1.807) is 6.92 Å². The Bertz CT molecular complexity index is 2300. The Morgan fingerprint density at radius 1 is 0.750 bits per heavy atom. The first-order valence-corrected chi connectivity index (χ1v) is 17.4. The Labute approximate surface area is 300 Å². The maximum Gasteiger partial charge on any atom is 0.268 e. The van der Waals surface area contributed by atoms with Crippen LogP contribution < -0.4 is 21.8 Å². The van der Waals surface area contributed by atoms with Crippen LogP contribution in [0.1, 0.15) is 24.5 Å². The monoisotopic (exact) mass is 758 g/mol. The molecule has 4 heterocycles. The number of halogens is 4. The van der Waals surface area contributed by atoms with Crippen LogP contribution in [-0.4, -0.2) is 75.9 Å².